The monoisotopic (exact) mass is 319 g/mol. The van der Waals surface area contributed by atoms with E-state index in [0.717, 1.165) is 5.56 Å². The van der Waals surface area contributed by atoms with Crippen LogP contribution in [-0.2, 0) is 0 Å². The molecule has 1 N–H and O–H groups in total. The van der Waals surface area contributed by atoms with E-state index in [1.807, 2.05) is 13.0 Å². The van der Waals surface area contributed by atoms with Crippen molar-refractivity contribution in [2.24, 2.45) is 5.10 Å². The second-order valence-corrected chi connectivity index (χ2v) is 4.71. The zero-order chi connectivity index (χ0) is 15.9. The summed E-state index contributed by atoms with van der Waals surface area (Å²) in [7, 11) is 0. The molecule has 0 saturated carbocycles. The van der Waals surface area contributed by atoms with Gasteiger partial charge in [-0.15, -0.1) is 0 Å². The van der Waals surface area contributed by atoms with Gasteiger partial charge < -0.3 is 4.74 Å². The molecule has 22 heavy (non-hydrogen) atoms. The van der Waals surface area contributed by atoms with Gasteiger partial charge in [-0.05, 0) is 36.8 Å². The van der Waals surface area contributed by atoms with Crippen LogP contribution in [0.25, 0.3) is 0 Å². The first-order chi connectivity index (χ1) is 10.6. The molecule has 0 unspecified atom stereocenters. The van der Waals surface area contributed by atoms with Crippen molar-refractivity contribution in [3.8, 4) is 5.75 Å². The van der Waals surface area contributed by atoms with E-state index < -0.39 is 4.92 Å². The smallest absolute Gasteiger partial charge is 0.271 e. The fourth-order valence-electron chi connectivity index (χ4n) is 1.74. The molecule has 2 aromatic carbocycles. The average molecular weight is 320 g/mol. The van der Waals surface area contributed by atoms with Crippen molar-refractivity contribution in [3.05, 3.63) is 63.2 Å². The average Bonchev–Trinajstić information content (AvgIpc) is 2.50. The molecule has 0 aromatic heterocycles. The van der Waals surface area contributed by atoms with E-state index in [9.17, 15) is 10.1 Å². The molecule has 0 aliphatic heterocycles. The van der Waals surface area contributed by atoms with Crippen LogP contribution < -0.4 is 10.2 Å². The standard InChI is InChI=1S/C15H14ClN3O3/c1-2-22-15-7-6-11(8-14(15)16)10-17-18-12-4-3-5-13(9-12)19(20)21/h3-10,18H,2H2,1H3. The largest absolute Gasteiger partial charge is 0.492 e. The molecule has 0 atom stereocenters. The Balaban J connectivity index is 2.05. The molecule has 0 saturated heterocycles. The van der Waals surface area contributed by atoms with Crippen molar-refractivity contribution in [1.29, 1.82) is 0 Å². The zero-order valence-electron chi connectivity index (χ0n) is 11.8. The SMILES string of the molecule is CCOc1ccc(C=NNc2cccc([N+](=O)[O-])c2)cc1Cl. The Morgan fingerprint density at radius 2 is 2.18 bits per heavy atom. The number of nitro benzene ring substituents is 1. The number of benzene rings is 2. The molecule has 0 aliphatic rings. The van der Waals surface area contributed by atoms with Crippen LogP contribution in [0.1, 0.15) is 12.5 Å². The number of nitrogens with one attached hydrogen (secondary N) is 1. The number of hydrazone groups is 1. The van der Waals surface area contributed by atoms with E-state index in [4.69, 9.17) is 16.3 Å². The number of halogens is 1. The van der Waals surface area contributed by atoms with E-state index in [0.29, 0.717) is 23.1 Å². The summed E-state index contributed by atoms with van der Waals surface area (Å²) in [6.07, 6.45) is 1.57. The summed E-state index contributed by atoms with van der Waals surface area (Å²) in [5, 5.41) is 15.2. The van der Waals surface area contributed by atoms with Gasteiger partial charge in [-0.1, -0.05) is 17.7 Å². The molecular formula is C15H14ClN3O3. The Hall–Kier alpha value is -2.60. The predicted octanol–water partition coefficient (Wildman–Crippen LogP) is 4.09. The van der Waals surface area contributed by atoms with Crippen LogP contribution in [0.5, 0.6) is 5.75 Å². The maximum atomic E-state index is 10.7. The number of hydrogen-bond donors (Lipinski definition) is 1. The normalized spacial score (nSPS) is 10.6. The fraction of sp³-hybridized carbons (Fsp3) is 0.133. The molecule has 0 radical (unpaired) electrons. The molecule has 2 aromatic rings. The highest BCUT2D eigenvalue weighted by atomic mass is 35.5. The lowest BCUT2D eigenvalue weighted by Crippen LogP contribution is -1.94. The number of nitro groups is 1. The van der Waals surface area contributed by atoms with Crippen LogP contribution in [0.4, 0.5) is 11.4 Å². The van der Waals surface area contributed by atoms with E-state index >= 15 is 0 Å². The van der Waals surface area contributed by atoms with Crippen molar-refractivity contribution in [2.75, 3.05) is 12.0 Å². The van der Waals surface area contributed by atoms with Crippen molar-refractivity contribution >= 4 is 29.2 Å². The highest BCUT2D eigenvalue weighted by Crippen LogP contribution is 2.24. The summed E-state index contributed by atoms with van der Waals surface area (Å²) in [6, 6.07) is 11.4. The zero-order valence-corrected chi connectivity index (χ0v) is 12.6. The molecule has 0 aliphatic carbocycles. The molecule has 114 valence electrons. The van der Waals surface area contributed by atoms with Gasteiger partial charge in [0.15, 0.2) is 0 Å². The van der Waals surface area contributed by atoms with Crippen molar-refractivity contribution < 1.29 is 9.66 Å². The van der Waals surface area contributed by atoms with Crippen LogP contribution in [0, 0.1) is 10.1 Å². The highest BCUT2D eigenvalue weighted by molar-refractivity contribution is 6.32. The van der Waals surface area contributed by atoms with Crippen LogP contribution in [0.3, 0.4) is 0 Å². The van der Waals surface area contributed by atoms with Crippen LogP contribution in [-0.4, -0.2) is 17.7 Å². The Bertz CT molecular complexity index is 704. The minimum absolute atomic E-state index is 0.00399. The molecule has 2 rings (SSSR count). The summed E-state index contributed by atoms with van der Waals surface area (Å²) in [5.74, 6) is 0.618. The van der Waals surface area contributed by atoms with Gasteiger partial charge in [-0.3, -0.25) is 15.5 Å². The minimum Gasteiger partial charge on any atom is -0.492 e. The quantitative estimate of drug-likeness (QED) is 0.494. The molecule has 0 spiro atoms. The molecule has 7 heteroatoms. The topological polar surface area (TPSA) is 76.8 Å². The van der Waals surface area contributed by atoms with Gasteiger partial charge in [-0.2, -0.15) is 5.10 Å². The lowest BCUT2D eigenvalue weighted by Gasteiger charge is -2.05. The number of rotatable bonds is 6. The second-order valence-electron chi connectivity index (χ2n) is 4.30. The molecule has 0 bridgehead atoms. The Labute approximate surface area is 132 Å². The first-order valence-electron chi connectivity index (χ1n) is 6.56. The number of hydrogen-bond acceptors (Lipinski definition) is 5. The van der Waals surface area contributed by atoms with Gasteiger partial charge in [0.2, 0.25) is 0 Å². The van der Waals surface area contributed by atoms with Crippen LogP contribution in [0.15, 0.2) is 47.6 Å². The summed E-state index contributed by atoms with van der Waals surface area (Å²) in [4.78, 5) is 10.2. The lowest BCUT2D eigenvalue weighted by atomic mass is 10.2. The highest BCUT2D eigenvalue weighted by Gasteiger charge is 2.04. The van der Waals surface area contributed by atoms with Gasteiger partial charge in [0, 0.05) is 12.1 Å². The third-order valence-corrected chi connectivity index (χ3v) is 3.02. The van der Waals surface area contributed by atoms with Crippen molar-refractivity contribution in [2.45, 2.75) is 6.92 Å². The van der Waals surface area contributed by atoms with Gasteiger partial charge in [-0.25, -0.2) is 0 Å². The summed E-state index contributed by atoms with van der Waals surface area (Å²) in [6.45, 7) is 2.43. The fourth-order valence-corrected chi connectivity index (χ4v) is 1.98. The third-order valence-electron chi connectivity index (χ3n) is 2.72. The van der Waals surface area contributed by atoms with Gasteiger partial charge in [0.1, 0.15) is 5.75 Å². The summed E-state index contributed by atoms with van der Waals surface area (Å²) in [5.41, 5.74) is 4.06. The van der Waals surface area contributed by atoms with E-state index in [2.05, 4.69) is 10.5 Å². The first kappa shape index (κ1) is 15.8. The molecular weight excluding hydrogens is 306 g/mol. The van der Waals surface area contributed by atoms with E-state index in [1.54, 1.807) is 30.5 Å². The third kappa shape index (κ3) is 4.20. The van der Waals surface area contributed by atoms with Gasteiger partial charge >= 0.3 is 0 Å². The molecule has 0 fully saturated rings. The van der Waals surface area contributed by atoms with Crippen molar-refractivity contribution in [3.63, 3.8) is 0 Å². The predicted molar refractivity (Wildman–Crippen MR) is 86.9 cm³/mol. The van der Waals surface area contributed by atoms with E-state index in [1.165, 1.54) is 12.1 Å². The lowest BCUT2D eigenvalue weighted by molar-refractivity contribution is -0.384. The van der Waals surface area contributed by atoms with Crippen LogP contribution in [0.2, 0.25) is 5.02 Å². The maximum Gasteiger partial charge on any atom is 0.271 e. The number of nitrogens with zero attached hydrogens (tertiary/aromatic N) is 2. The summed E-state index contributed by atoms with van der Waals surface area (Å²) < 4.78 is 5.35. The number of anilines is 1. The summed E-state index contributed by atoms with van der Waals surface area (Å²) >= 11 is 6.08. The van der Waals surface area contributed by atoms with Gasteiger partial charge in [0.25, 0.3) is 5.69 Å². The molecule has 0 amide bonds. The van der Waals surface area contributed by atoms with Gasteiger partial charge in [0.05, 0.1) is 28.5 Å². The number of ether oxygens (including phenoxy) is 1. The van der Waals surface area contributed by atoms with Crippen LogP contribution >= 0.6 is 11.6 Å². The molecule has 6 nitrogen and oxygen atoms in total. The Morgan fingerprint density at radius 1 is 1.36 bits per heavy atom. The Morgan fingerprint density at radius 3 is 2.86 bits per heavy atom. The second kappa shape index (κ2) is 7.42. The molecule has 0 heterocycles. The number of non-ortho nitro benzene ring substituents is 1. The maximum absolute atomic E-state index is 10.7. The van der Waals surface area contributed by atoms with Crippen molar-refractivity contribution in [1.82, 2.24) is 0 Å². The first-order valence-corrected chi connectivity index (χ1v) is 6.94. The van der Waals surface area contributed by atoms with E-state index in [-0.39, 0.29) is 5.69 Å². The minimum atomic E-state index is -0.457. The Kier molecular flexibility index (Phi) is 5.32.